The van der Waals surface area contributed by atoms with E-state index >= 15 is 0 Å². The Morgan fingerprint density at radius 2 is 0.557 bits per heavy atom. The number of hydrogen-bond acceptors (Lipinski definition) is 8. The van der Waals surface area contributed by atoms with Crippen molar-refractivity contribution in [2.45, 2.75) is 373 Å². The molecule has 0 spiro atoms. The summed E-state index contributed by atoms with van der Waals surface area (Å²) in [6.07, 6.45) is 108. The smallest absolute Gasteiger partial charge is 0.306 e. The summed E-state index contributed by atoms with van der Waals surface area (Å²) in [4.78, 5) is 37.6. The second kappa shape index (κ2) is 77.4. The highest BCUT2D eigenvalue weighted by atomic mass is 16.7. The van der Waals surface area contributed by atoms with Gasteiger partial charge in [-0.1, -0.05) is 367 Å². The van der Waals surface area contributed by atoms with Crippen molar-refractivity contribution < 1.29 is 42.9 Å². The molecule has 0 fully saturated rings. The molecule has 0 saturated heterocycles. The zero-order valence-electron chi connectivity index (χ0n) is 63.9. The Hall–Kier alpha value is -4.31. The van der Waals surface area contributed by atoms with E-state index in [1.54, 1.807) is 0 Å². The van der Waals surface area contributed by atoms with Crippen molar-refractivity contribution in [3.8, 4) is 0 Å². The van der Waals surface area contributed by atoms with E-state index in [1.807, 2.05) is 21.1 Å². The molecule has 0 aliphatic heterocycles. The fourth-order valence-corrected chi connectivity index (χ4v) is 11.6. The first kappa shape index (κ1) is 92.7. The zero-order chi connectivity index (χ0) is 70.4. The molecule has 0 amide bonds. The lowest BCUT2D eigenvalue weighted by Gasteiger charge is -2.26. The van der Waals surface area contributed by atoms with Gasteiger partial charge in [-0.3, -0.25) is 9.59 Å². The SMILES string of the molecule is CC/C=C\C/C=C\C/C=C\C/C=C\C/C=C\C/C=C\CCCCCCCCCCCCCCCCC(=O)OC(COC(=O)CCCCCCCCCCCCCCCCCCCCCCCCCCCC/C=C\C/C=C\C/C=C\C/C=C\CC)COC(OCC[N+](C)(C)C)C(=O)[O-]. The number of carboxylic acids is 1. The summed E-state index contributed by atoms with van der Waals surface area (Å²) in [7, 11) is 5.94. The number of likely N-dealkylation sites (N-methyl/N-ethyl adjacent to an activating group) is 1. The number of ether oxygens (including phenoxy) is 4. The number of carboxylic acid groups (broad SMARTS) is 1. The van der Waals surface area contributed by atoms with Gasteiger partial charge >= 0.3 is 11.9 Å². The van der Waals surface area contributed by atoms with Crippen LogP contribution in [0.4, 0.5) is 0 Å². The largest absolute Gasteiger partial charge is 0.545 e. The van der Waals surface area contributed by atoms with E-state index in [0.29, 0.717) is 23.9 Å². The third-order valence-corrected chi connectivity index (χ3v) is 17.7. The molecule has 2 atom stereocenters. The van der Waals surface area contributed by atoms with E-state index in [2.05, 4.69) is 135 Å². The molecule has 558 valence electrons. The van der Waals surface area contributed by atoms with Crippen LogP contribution in [-0.2, 0) is 33.3 Å². The molecule has 0 aromatic carbocycles. The molecular weight excluding hydrogens is 1200 g/mol. The summed E-state index contributed by atoms with van der Waals surface area (Å²) in [6.45, 7) is 4.56. The Morgan fingerprint density at radius 3 is 0.825 bits per heavy atom. The maximum Gasteiger partial charge on any atom is 0.306 e. The van der Waals surface area contributed by atoms with Gasteiger partial charge in [0.2, 0.25) is 0 Å². The van der Waals surface area contributed by atoms with Crippen LogP contribution in [0.15, 0.2) is 122 Å². The molecule has 97 heavy (non-hydrogen) atoms. The quantitative estimate of drug-likeness (QED) is 0.0195. The van der Waals surface area contributed by atoms with Gasteiger partial charge in [0.25, 0.3) is 0 Å². The van der Waals surface area contributed by atoms with Crippen molar-refractivity contribution in [2.24, 2.45) is 0 Å². The van der Waals surface area contributed by atoms with Crippen molar-refractivity contribution >= 4 is 17.9 Å². The van der Waals surface area contributed by atoms with Crippen LogP contribution in [0.25, 0.3) is 0 Å². The molecule has 0 aromatic rings. The van der Waals surface area contributed by atoms with Crippen molar-refractivity contribution in [1.29, 1.82) is 0 Å². The minimum Gasteiger partial charge on any atom is -0.545 e. The third kappa shape index (κ3) is 78.9. The maximum absolute atomic E-state index is 13.0. The van der Waals surface area contributed by atoms with Crippen LogP contribution in [0.1, 0.15) is 361 Å². The van der Waals surface area contributed by atoms with E-state index in [1.165, 1.54) is 225 Å². The molecule has 0 heterocycles. The van der Waals surface area contributed by atoms with Crippen LogP contribution >= 0.6 is 0 Å². The van der Waals surface area contributed by atoms with E-state index in [0.717, 1.165) is 103 Å². The standard InChI is InChI=1S/C88H153NO8/c1-6-8-10-12-14-16-18-20-22-24-26-28-30-32-34-36-38-40-41-42-43-44-45-47-48-50-52-54-56-58-60-62-64-66-68-70-72-74-76-78-85(90)95-82-84(83-96-88(87(92)93)94-81-80-89(3,4)5)97-86(91)79-77-75-73-71-69-67-65-63-61-59-57-55-53-51-49-46-39-37-35-33-31-29-27-25-23-21-19-17-15-13-11-9-7-2/h8-11,14-17,20-23,26-29,33,35,39,46,84,88H,6-7,12-13,18-19,24-25,30-32,34,36-38,40-45,47-83H2,1-5H3/b10-8-,11-9-,16-14-,17-15-,22-20-,23-21-,28-26-,29-27-,35-33-,46-39-. The van der Waals surface area contributed by atoms with Gasteiger partial charge < -0.3 is 33.3 Å². The average molecular weight is 1350 g/mol. The van der Waals surface area contributed by atoms with Gasteiger partial charge in [-0.2, -0.15) is 0 Å². The van der Waals surface area contributed by atoms with E-state index in [9.17, 15) is 19.5 Å². The molecule has 0 saturated carbocycles. The molecule has 0 rings (SSSR count). The van der Waals surface area contributed by atoms with Crippen LogP contribution < -0.4 is 5.11 Å². The predicted octanol–water partition coefficient (Wildman–Crippen LogP) is 24.9. The number of carbonyl (C=O) groups excluding carboxylic acids is 3. The van der Waals surface area contributed by atoms with Crippen molar-refractivity contribution in [1.82, 2.24) is 0 Å². The van der Waals surface area contributed by atoms with Gasteiger partial charge in [0.1, 0.15) is 13.2 Å². The van der Waals surface area contributed by atoms with Crippen molar-refractivity contribution in [3.63, 3.8) is 0 Å². The number of quaternary nitrogens is 1. The van der Waals surface area contributed by atoms with Gasteiger partial charge in [0.05, 0.1) is 40.3 Å². The maximum atomic E-state index is 13.0. The molecule has 9 heteroatoms. The highest BCUT2D eigenvalue weighted by molar-refractivity contribution is 5.70. The first-order chi connectivity index (χ1) is 47.6. The molecule has 0 aliphatic rings. The summed E-state index contributed by atoms with van der Waals surface area (Å²) in [5.41, 5.74) is 0. The van der Waals surface area contributed by atoms with Crippen molar-refractivity contribution in [2.75, 3.05) is 47.5 Å². The number of nitrogens with zero attached hydrogens (tertiary/aromatic N) is 1. The highest BCUT2D eigenvalue weighted by Gasteiger charge is 2.22. The summed E-state index contributed by atoms with van der Waals surface area (Å²) < 4.78 is 22.9. The topological polar surface area (TPSA) is 111 Å². The van der Waals surface area contributed by atoms with E-state index in [-0.39, 0.29) is 32.2 Å². The lowest BCUT2D eigenvalue weighted by Crippen LogP contribution is -2.44. The Labute approximate surface area is 599 Å². The van der Waals surface area contributed by atoms with Crippen LogP contribution in [0.2, 0.25) is 0 Å². The lowest BCUT2D eigenvalue weighted by atomic mass is 10.0. The van der Waals surface area contributed by atoms with Gasteiger partial charge in [-0.15, -0.1) is 0 Å². The van der Waals surface area contributed by atoms with Crippen LogP contribution in [-0.4, -0.2) is 82.3 Å². The monoisotopic (exact) mass is 1350 g/mol. The Kier molecular flexibility index (Phi) is 74.0. The minimum atomic E-state index is -1.63. The minimum absolute atomic E-state index is 0.146. The number of aliphatic carboxylic acids is 1. The van der Waals surface area contributed by atoms with Gasteiger partial charge in [-0.05, 0) is 103 Å². The average Bonchev–Trinajstić information content (AvgIpc) is 2.59. The first-order valence-corrected chi connectivity index (χ1v) is 40.7. The van der Waals surface area contributed by atoms with E-state index < -0.39 is 24.3 Å². The summed E-state index contributed by atoms with van der Waals surface area (Å²) in [5, 5.41) is 11.9. The molecule has 0 bridgehead atoms. The van der Waals surface area contributed by atoms with Gasteiger partial charge in [0.15, 0.2) is 12.4 Å². The normalized spacial score (nSPS) is 13.3. The molecule has 2 unspecified atom stereocenters. The van der Waals surface area contributed by atoms with E-state index in [4.69, 9.17) is 18.9 Å². The number of allylic oxidation sites excluding steroid dienone is 20. The first-order valence-electron chi connectivity index (χ1n) is 40.7. The predicted molar refractivity (Wildman–Crippen MR) is 417 cm³/mol. The van der Waals surface area contributed by atoms with Crippen molar-refractivity contribution in [3.05, 3.63) is 122 Å². The summed E-state index contributed by atoms with van der Waals surface area (Å²) in [5.74, 6) is -2.27. The molecule has 0 aromatic heterocycles. The van der Waals surface area contributed by atoms with Gasteiger partial charge in [-0.25, -0.2) is 0 Å². The number of rotatable bonds is 75. The molecule has 0 radical (unpaired) electrons. The molecule has 0 N–H and O–H groups in total. The number of carbonyl (C=O) groups is 3. The lowest BCUT2D eigenvalue weighted by molar-refractivity contribution is -0.870. The molecule has 0 aliphatic carbocycles. The fourth-order valence-electron chi connectivity index (χ4n) is 11.6. The second-order valence-corrected chi connectivity index (χ2v) is 28.3. The van der Waals surface area contributed by atoms with Crippen LogP contribution in [0, 0.1) is 0 Å². The summed E-state index contributed by atoms with van der Waals surface area (Å²) >= 11 is 0. The molecular formula is C88H153NO8. The Morgan fingerprint density at radius 1 is 0.309 bits per heavy atom. The number of esters is 2. The Bertz CT molecular complexity index is 2020. The molecule has 9 nitrogen and oxygen atoms in total. The second-order valence-electron chi connectivity index (χ2n) is 28.3. The fraction of sp³-hybridized carbons (Fsp3) is 0.739. The Balaban J connectivity index is 3.99. The number of hydrogen-bond donors (Lipinski definition) is 0. The highest BCUT2D eigenvalue weighted by Crippen LogP contribution is 2.19. The zero-order valence-corrected chi connectivity index (χ0v) is 63.9. The van der Waals surface area contributed by atoms with Crippen LogP contribution in [0.3, 0.4) is 0 Å². The third-order valence-electron chi connectivity index (χ3n) is 17.7. The number of unbranched alkanes of at least 4 members (excludes halogenated alkanes) is 40. The van der Waals surface area contributed by atoms with Crippen LogP contribution in [0.5, 0.6) is 0 Å². The summed E-state index contributed by atoms with van der Waals surface area (Å²) in [6, 6.07) is 0. The van der Waals surface area contributed by atoms with Gasteiger partial charge in [0, 0.05) is 12.8 Å².